The zero-order chi connectivity index (χ0) is 25.4. The van der Waals surface area contributed by atoms with E-state index in [9.17, 15) is 4.79 Å². The number of nitrogens with one attached hydrogen (secondary N) is 1. The van der Waals surface area contributed by atoms with Crippen LogP contribution in [0.2, 0.25) is 10.0 Å². The lowest BCUT2D eigenvalue weighted by atomic mass is 9.98. The van der Waals surface area contributed by atoms with E-state index < -0.39 is 0 Å². The largest absolute Gasteiger partial charge is 0.354 e. The zero-order valence-corrected chi connectivity index (χ0v) is 22.2. The monoisotopic (exact) mass is 517 g/mol. The van der Waals surface area contributed by atoms with E-state index in [0.29, 0.717) is 15.6 Å². The number of benzene rings is 3. The quantitative estimate of drug-likeness (QED) is 0.241. The Labute approximate surface area is 222 Å². The van der Waals surface area contributed by atoms with Crippen LogP contribution in [0.1, 0.15) is 34.3 Å². The van der Waals surface area contributed by atoms with Crippen LogP contribution in [0, 0.1) is 12.8 Å². The van der Waals surface area contributed by atoms with Crippen LogP contribution in [-0.4, -0.2) is 36.3 Å². The number of hydrogen-bond acceptors (Lipinski definition) is 4. The van der Waals surface area contributed by atoms with Gasteiger partial charge in [-0.2, -0.15) is 0 Å². The molecule has 184 valence electrons. The first-order chi connectivity index (χ1) is 17.3. The normalized spacial score (nSPS) is 13.4. The lowest BCUT2D eigenvalue weighted by Gasteiger charge is -2.16. The molecular formula is C30H29Cl2N3O. The number of carbonyl (C=O) groups excluding carboxylic acids is 1. The van der Waals surface area contributed by atoms with Gasteiger partial charge < -0.3 is 10.2 Å². The third kappa shape index (κ3) is 5.27. The smallest absolute Gasteiger partial charge is 0.169 e. The molecule has 0 amide bonds. The fraction of sp³-hybridized carbons (Fsp3) is 0.267. The molecule has 0 aliphatic heterocycles. The van der Waals surface area contributed by atoms with Crippen LogP contribution in [0.4, 0.5) is 11.4 Å². The van der Waals surface area contributed by atoms with E-state index >= 15 is 0 Å². The molecule has 1 aliphatic carbocycles. The van der Waals surface area contributed by atoms with Crippen molar-refractivity contribution in [3.8, 4) is 11.1 Å². The number of likely N-dealkylation sites (N-methyl/N-ethyl adjacent to an activating group) is 1. The van der Waals surface area contributed by atoms with Crippen LogP contribution in [0.15, 0.2) is 60.8 Å². The Morgan fingerprint density at radius 1 is 1.00 bits per heavy atom. The average molecular weight is 518 g/mol. The van der Waals surface area contributed by atoms with Crippen LogP contribution in [0.25, 0.3) is 22.0 Å². The Hall–Kier alpha value is -2.92. The predicted molar refractivity (Wildman–Crippen MR) is 151 cm³/mol. The van der Waals surface area contributed by atoms with E-state index in [2.05, 4.69) is 59.6 Å². The molecule has 6 heteroatoms. The second-order valence-electron chi connectivity index (χ2n) is 9.86. The highest BCUT2D eigenvalue weighted by atomic mass is 35.5. The molecule has 0 unspecified atom stereocenters. The van der Waals surface area contributed by atoms with Crippen molar-refractivity contribution in [3.63, 3.8) is 0 Å². The third-order valence-corrected chi connectivity index (χ3v) is 7.55. The number of aromatic nitrogens is 1. The summed E-state index contributed by atoms with van der Waals surface area (Å²) < 4.78 is 0. The minimum atomic E-state index is 0.0936. The summed E-state index contributed by atoms with van der Waals surface area (Å²) in [5.41, 5.74) is 7.21. The minimum Gasteiger partial charge on any atom is -0.354 e. The van der Waals surface area contributed by atoms with Crippen LogP contribution in [0.3, 0.4) is 0 Å². The summed E-state index contributed by atoms with van der Waals surface area (Å²) in [6.45, 7) is 2.90. The molecule has 0 spiro atoms. The molecule has 4 nitrogen and oxygen atoms in total. The highest BCUT2D eigenvalue weighted by molar-refractivity contribution is 6.36. The number of anilines is 2. The van der Waals surface area contributed by atoms with Gasteiger partial charge in [0, 0.05) is 39.8 Å². The first-order valence-corrected chi connectivity index (χ1v) is 13.0. The molecule has 1 aromatic heterocycles. The summed E-state index contributed by atoms with van der Waals surface area (Å²) in [5, 5.41) is 5.70. The fourth-order valence-electron chi connectivity index (χ4n) is 4.32. The van der Waals surface area contributed by atoms with Crippen molar-refractivity contribution in [2.75, 3.05) is 26.0 Å². The van der Waals surface area contributed by atoms with Gasteiger partial charge in [-0.25, -0.2) is 0 Å². The van der Waals surface area contributed by atoms with Gasteiger partial charge in [0.1, 0.15) is 0 Å². The molecule has 0 saturated heterocycles. The summed E-state index contributed by atoms with van der Waals surface area (Å²) >= 11 is 12.9. The topological polar surface area (TPSA) is 45.2 Å². The maximum atomic E-state index is 13.2. The number of pyridine rings is 1. The van der Waals surface area contributed by atoms with Gasteiger partial charge in [-0.05, 0) is 98.9 Å². The van der Waals surface area contributed by atoms with Gasteiger partial charge in [0.25, 0.3) is 0 Å². The van der Waals surface area contributed by atoms with Gasteiger partial charge in [-0.1, -0.05) is 41.4 Å². The lowest BCUT2D eigenvalue weighted by molar-refractivity contribution is 0.0968. The van der Waals surface area contributed by atoms with Crippen LogP contribution in [0.5, 0.6) is 0 Å². The van der Waals surface area contributed by atoms with Gasteiger partial charge in [-0.3, -0.25) is 9.78 Å². The van der Waals surface area contributed by atoms with E-state index in [1.807, 2.05) is 31.2 Å². The van der Waals surface area contributed by atoms with Crippen molar-refractivity contribution < 1.29 is 4.79 Å². The number of fused-ring (bicyclic) bond motifs is 1. The molecule has 5 rings (SSSR count). The van der Waals surface area contributed by atoms with Gasteiger partial charge in [0.2, 0.25) is 0 Å². The molecule has 0 atom stereocenters. The third-order valence-electron chi connectivity index (χ3n) is 6.77. The SMILES string of the molecule is Cc1c(Cl)cc(-c2ccc3ncc(C(=O)C4CC4)c(Nc4ccc(CCN(C)C)cc4)c3c2)cc1Cl. The summed E-state index contributed by atoms with van der Waals surface area (Å²) in [7, 11) is 4.16. The van der Waals surface area contributed by atoms with Crippen LogP contribution in [-0.2, 0) is 6.42 Å². The lowest BCUT2D eigenvalue weighted by Crippen LogP contribution is -2.14. The molecule has 1 aliphatic rings. The molecule has 1 heterocycles. The van der Waals surface area contributed by atoms with Gasteiger partial charge in [0.05, 0.1) is 16.8 Å². The van der Waals surface area contributed by atoms with Gasteiger partial charge in [-0.15, -0.1) is 0 Å². The number of rotatable bonds is 8. The van der Waals surface area contributed by atoms with E-state index in [1.54, 1.807) is 6.20 Å². The van der Waals surface area contributed by atoms with Gasteiger partial charge in [0.15, 0.2) is 5.78 Å². The predicted octanol–water partition coefficient (Wildman–Crippen LogP) is 7.96. The molecular weight excluding hydrogens is 489 g/mol. The number of nitrogens with zero attached hydrogens (tertiary/aromatic N) is 2. The minimum absolute atomic E-state index is 0.0936. The Bertz CT molecular complexity index is 1420. The first kappa shape index (κ1) is 24.8. The van der Waals surface area contributed by atoms with E-state index in [1.165, 1.54) is 5.56 Å². The van der Waals surface area contributed by atoms with Gasteiger partial charge >= 0.3 is 0 Å². The summed E-state index contributed by atoms with van der Waals surface area (Å²) in [5.74, 6) is 0.248. The second-order valence-corrected chi connectivity index (χ2v) is 10.7. The van der Waals surface area contributed by atoms with Crippen LogP contribution >= 0.6 is 23.2 Å². The number of carbonyl (C=O) groups is 1. The molecule has 1 saturated carbocycles. The van der Waals surface area contributed by atoms with Crippen molar-refractivity contribution in [3.05, 3.63) is 87.5 Å². The number of Topliss-reactive ketones (excluding diaryl/α,β-unsaturated/α-hetero) is 1. The average Bonchev–Trinajstić information content (AvgIpc) is 3.72. The molecule has 0 bridgehead atoms. The van der Waals surface area contributed by atoms with Crippen molar-refractivity contribution in [2.24, 2.45) is 5.92 Å². The maximum absolute atomic E-state index is 13.2. The summed E-state index contributed by atoms with van der Waals surface area (Å²) in [6, 6.07) is 18.3. The number of ketones is 1. The van der Waals surface area contributed by atoms with Crippen molar-refractivity contribution in [2.45, 2.75) is 26.2 Å². The Kier molecular flexibility index (Phi) is 7.03. The molecule has 1 fully saturated rings. The first-order valence-electron chi connectivity index (χ1n) is 12.2. The number of hydrogen-bond donors (Lipinski definition) is 1. The van der Waals surface area contributed by atoms with E-state index in [4.69, 9.17) is 23.2 Å². The summed E-state index contributed by atoms with van der Waals surface area (Å²) in [4.78, 5) is 20.0. The Morgan fingerprint density at radius 3 is 2.33 bits per heavy atom. The molecule has 0 radical (unpaired) electrons. The molecule has 36 heavy (non-hydrogen) atoms. The van der Waals surface area contributed by atoms with E-state index in [-0.39, 0.29) is 11.7 Å². The zero-order valence-electron chi connectivity index (χ0n) is 20.7. The molecule has 4 aromatic rings. The Morgan fingerprint density at radius 2 is 1.69 bits per heavy atom. The maximum Gasteiger partial charge on any atom is 0.169 e. The molecule has 1 N–H and O–H groups in total. The molecule has 3 aromatic carbocycles. The summed E-state index contributed by atoms with van der Waals surface area (Å²) in [6.07, 6.45) is 4.59. The highest BCUT2D eigenvalue weighted by Crippen LogP contribution is 2.39. The Balaban J connectivity index is 1.58. The highest BCUT2D eigenvalue weighted by Gasteiger charge is 2.32. The van der Waals surface area contributed by atoms with Crippen LogP contribution < -0.4 is 5.32 Å². The van der Waals surface area contributed by atoms with Crippen molar-refractivity contribution in [1.29, 1.82) is 0 Å². The second kappa shape index (κ2) is 10.2. The number of halogens is 2. The van der Waals surface area contributed by atoms with Crippen molar-refractivity contribution >= 4 is 51.3 Å². The fourth-order valence-corrected chi connectivity index (χ4v) is 4.81. The van der Waals surface area contributed by atoms with E-state index in [0.717, 1.165) is 64.8 Å². The van der Waals surface area contributed by atoms with Crippen molar-refractivity contribution in [1.82, 2.24) is 9.88 Å². The standard InChI is InChI=1S/C30H29Cl2N3O/c1-18-26(31)15-22(16-27(18)32)21-8-11-28-24(14-21)29(25(17-33-28)30(36)20-6-7-20)34-23-9-4-19(5-10-23)12-13-35(2)3/h4-5,8-11,14-17,20H,6-7,12-13H2,1-3H3,(H,33,34).